The number of hydrogen-bond acceptors (Lipinski definition) is 1. The molecular formula is C10H4BrClF3NO. The van der Waals surface area contributed by atoms with Gasteiger partial charge in [0, 0.05) is 15.9 Å². The summed E-state index contributed by atoms with van der Waals surface area (Å²) in [6, 6.07) is 3.04. The van der Waals surface area contributed by atoms with Gasteiger partial charge in [-0.25, -0.2) is 0 Å². The summed E-state index contributed by atoms with van der Waals surface area (Å²) in [5, 5.41) is 0.126. The molecule has 1 aromatic carbocycles. The van der Waals surface area contributed by atoms with Crippen molar-refractivity contribution < 1.29 is 13.2 Å². The zero-order valence-corrected chi connectivity index (χ0v) is 10.4. The minimum Gasteiger partial charge on any atom is -0.322 e. The highest BCUT2D eigenvalue weighted by Gasteiger charge is 2.33. The van der Waals surface area contributed by atoms with Crippen LogP contribution in [0.5, 0.6) is 0 Å². The molecule has 0 atom stereocenters. The molecule has 1 aromatic heterocycles. The molecule has 0 radical (unpaired) electrons. The fourth-order valence-corrected chi connectivity index (χ4v) is 1.99. The third-order valence-electron chi connectivity index (χ3n) is 2.19. The van der Waals surface area contributed by atoms with Crippen molar-refractivity contribution in [2.75, 3.05) is 0 Å². The minimum absolute atomic E-state index is 0.0537. The molecule has 0 unspecified atom stereocenters. The average Bonchev–Trinajstić information content (AvgIpc) is 2.18. The summed E-state index contributed by atoms with van der Waals surface area (Å²) in [5.74, 6) is 0. The topological polar surface area (TPSA) is 32.9 Å². The normalized spacial score (nSPS) is 12.1. The van der Waals surface area contributed by atoms with Crippen LogP contribution in [0, 0.1) is 0 Å². The Morgan fingerprint density at radius 3 is 2.47 bits per heavy atom. The Kier molecular flexibility index (Phi) is 2.95. The number of fused-ring (bicyclic) bond motifs is 1. The second-order valence-electron chi connectivity index (χ2n) is 3.36. The summed E-state index contributed by atoms with van der Waals surface area (Å²) >= 11 is 8.80. The van der Waals surface area contributed by atoms with Gasteiger partial charge < -0.3 is 4.98 Å². The van der Waals surface area contributed by atoms with Gasteiger partial charge in [0.05, 0.1) is 16.1 Å². The van der Waals surface area contributed by atoms with Crippen molar-refractivity contribution in [3.63, 3.8) is 0 Å². The van der Waals surface area contributed by atoms with E-state index in [1.165, 1.54) is 12.1 Å². The molecular weight excluding hydrogens is 322 g/mol. The number of pyridine rings is 1. The van der Waals surface area contributed by atoms with E-state index < -0.39 is 17.3 Å². The van der Waals surface area contributed by atoms with Gasteiger partial charge >= 0.3 is 6.18 Å². The van der Waals surface area contributed by atoms with Crippen molar-refractivity contribution in [3.05, 3.63) is 43.6 Å². The van der Waals surface area contributed by atoms with Gasteiger partial charge in [-0.3, -0.25) is 4.79 Å². The molecule has 0 saturated heterocycles. The van der Waals surface area contributed by atoms with E-state index in [9.17, 15) is 18.0 Å². The third-order valence-corrected chi connectivity index (χ3v) is 3.39. The molecule has 7 heteroatoms. The summed E-state index contributed by atoms with van der Waals surface area (Å²) < 4.78 is 38.5. The molecule has 1 N–H and O–H groups in total. The Hall–Kier alpha value is -1.01. The maximum Gasteiger partial charge on any atom is 0.417 e. The highest BCUT2D eigenvalue weighted by molar-refractivity contribution is 9.10. The Bertz CT molecular complexity index is 650. The minimum atomic E-state index is -4.58. The molecule has 0 bridgehead atoms. The lowest BCUT2D eigenvalue weighted by Gasteiger charge is -2.10. The van der Waals surface area contributed by atoms with Crippen molar-refractivity contribution in [2.45, 2.75) is 6.18 Å². The Morgan fingerprint density at radius 1 is 1.24 bits per heavy atom. The maximum atomic E-state index is 12.7. The van der Waals surface area contributed by atoms with Crippen molar-refractivity contribution in [3.8, 4) is 0 Å². The molecule has 0 aliphatic heterocycles. The van der Waals surface area contributed by atoms with E-state index in [0.717, 1.165) is 0 Å². The van der Waals surface area contributed by atoms with Crippen molar-refractivity contribution in [1.82, 2.24) is 4.98 Å². The van der Waals surface area contributed by atoms with E-state index in [1.54, 1.807) is 0 Å². The SMILES string of the molecule is O=c1cc(C(F)(F)F)c2cc(Br)c(Cl)cc2[nH]1. The molecule has 90 valence electrons. The van der Waals surface area contributed by atoms with E-state index in [-0.39, 0.29) is 15.9 Å². The maximum absolute atomic E-state index is 12.7. The number of aromatic nitrogens is 1. The summed E-state index contributed by atoms with van der Waals surface area (Å²) in [6.07, 6.45) is -4.58. The van der Waals surface area contributed by atoms with Crippen LogP contribution in [0.3, 0.4) is 0 Å². The van der Waals surface area contributed by atoms with Crippen molar-refractivity contribution in [1.29, 1.82) is 0 Å². The highest BCUT2D eigenvalue weighted by Crippen LogP contribution is 2.36. The standard InChI is InChI=1S/C10H4BrClF3NO/c11-6-1-4-5(10(13,14)15)2-9(17)16-8(4)3-7(6)12/h1-3H,(H,16,17). The summed E-state index contributed by atoms with van der Waals surface area (Å²) in [7, 11) is 0. The molecule has 0 aliphatic carbocycles. The zero-order chi connectivity index (χ0) is 12.8. The lowest BCUT2D eigenvalue weighted by atomic mass is 10.1. The van der Waals surface area contributed by atoms with Crippen LogP contribution in [0.2, 0.25) is 5.02 Å². The molecule has 0 saturated carbocycles. The number of rotatable bonds is 0. The van der Waals surface area contributed by atoms with Gasteiger partial charge in [-0.2, -0.15) is 13.2 Å². The Balaban J connectivity index is 2.93. The number of hydrogen-bond donors (Lipinski definition) is 1. The Labute approximate surface area is 107 Å². The molecule has 0 amide bonds. The van der Waals surface area contributed by atoms with Crippen LogP contribution in [0.4, 0.5) is 13.2 Å². The monoisotopic (exact) mass is 325 g/mol. The first kappa shape index (κ1) is 12.4. The van der Waals surface area contributed by atoms with Crippen LogP contribution in [0.25, 0.3) is 10.9 Å². The second kappa shape index (κ2) is 4.03. The number of halogens is 5. The van der Waals surface area contributed by atoms with Crippen molar-refractivity contribution >= 4 is 38.4 Å². The lowest BCUT2D eigenvalue weighted by Crippen LogP contribution is -2.13. The van der Waals surface area contributed by atoms with E-state index in [2.05, 4.69) is 20.9 Å². The van der Waals surface area contributed by atoms with Crippen LogP contribution < -0.4 is 5.56 Å². The summed E-state index contributed by atoms with van der Waals surface area (Å²) in [5.41, 5.74) is -1.74. The molecule has 0 spiro atoms. The number of H-pyrrole nitrogens is 1. The van der Waals surface area contributed by atoms with Crippen LogP contribution in [0.1, 0.15) is 5.56 Å². The third kappa shape index (κ3) is 2.32. The molecule has 2 rings (SSSR count). The zero-order valence-electron chi connectivity index (χ0n) is 8.03. The smallest absolute Gasteiger partial charge is 0.322 e. The second-order valence-corrected chi connectivity index (χ2v) is 4.62. The molecule has 0 fully saturated rings. The van der Waals surface area contributed by atoms with Crippen LogP contribution in [0.15, 0.2) is 27.5 Å². The van der Waals surface area contributed by atoms with Crippen LogP contribution in [-0.2, 0) is 6.18 Å². The van der Waals surface area contributed by atoms with Gasteiger partial charge in [0.2, 0.25) is 5.56 Å². The molecule has 0 aliphatic rings. The lowest BCUT2D eigenvalue weighted by molar-refractivity contribution is -0.136. The number of benzene rings is 1. The predicted octanol–water partition coefficient (Wildman–Crippen LogP) is 3.96. The van der Waals surface area contributed by atoms with Gasteiger partial charge in [-0.15, -0.1) is 0 Å². The Morgan fingerprint density at radius 2 is 1.88 bits per heavy atom. The van der Waals surface area contributed by atoms with Gasteiger partial charge in [0.1, 0.15) is 0 Å². The fraction of sp³-hybridized carbons (Fsp3) is 0.100. The van der Waals surface area contributed by atoms with Gasteiger partial charge in [-0.1, -0.05) is 11.6 Å². The largest absolute Gasteiger partial charge is 0.417 e. The van der Waals surface area contributed by atoms with E-state index in [4.69, 9.17) is 11.6 Å². The van der Waals surface area contributed by atoms with E-state index in [0.29, 0.717) is 10.5 Å². The molecule has 1 heterocycles. The van der Waals surface area contributed by atoms with E-state index >= 15 is 0 Å². The van der Waals surface area contributed by atoms with Crippen molar-refractivity contribution in [2.24, 2.45) is 0 Å². The van der Waals surface area contributed by atoms with Gasteiger partial charge in [-0.05, 0) is 28.1 Å². The van der Waals surface area contributed by atoms with E-state index in [1.807, 2.05) is 0 Å². The predicted molar refractivity (Wildman–Crippen MR) is 62.3 cm³/mol. The molecule has 17 heavy (non-hydrogen) atoms. The summed E-state index contributed by atoms with van der Waals surface area (Å²) in [4.78, 5) is 13.4. The summed E-state index contributed by atoms with van der Waals surface area (Å²) in [6.45, 7) is 0. The number of nitrogens with one attached hydrogen (secondary N) is 1. The van der Waals surface area contributed by atoms with Crippen LogP contribution in [-0.4, -0.2) is 4.98 Å². The van der Waals surface area contributed by atoms with Gasteiger partial charge in [0.15, 0.2) is 0 Å². The average molecular weight is 326 g/mol. The van der Waals surface area contributed by atoms with Gasteiger partial charge in [0.25, 0.3) is 0 Å². The molecule has 2 aromatic rings. The fourth-order valence-electron chi connectivity index (χ4n) is 1.49. The number of alkyl halides is 3. The first-order valence-corrected chi connectivity index (χ1v) is 5.55. The quantitative estimate of drug-likeness (QED) is 0.781. The molecule has 2 nitrogen and oxygen atoms in total. The highest BCUT2D eigenvalue weighted by atomic mass is 79.9. The first-order chi connectivity index (χ1) is 7.79. The number of aromatic amines is 1. The van der Waals surface area contributed by atoms with Crippen LogP contribution >= 0.6 is 27.5 Å². The first-order valence-electron chi connectivity index (χ1n) is 4.38.